The SMILES string of the molecule is C#Cc1cc([N+](=O)[O-])c2c(CC(N)C(=O)O)c(C)[nH]c2c1.C#Cc1ccc2c(CC(N)C(=O)O)c(C)[nH]c2c1.C#Cc1ccc2cc(C)[nH]c2c1. The summed E-state index contributed by atoms with van der Waals surface area (Å²) in [5.41, 5.74) is 19.8. The van der Waals surface area contributed by atoms with Gasteiger partial charge in [0.25, 0.3) is 5.69 Å². The van der Waals surface area contributed by atoms with Gasteiger partial charge in [0.15, 0.2) is 0 Å². The summed E-state index contributed by atoms with van der Waals surface area (Å²) in [7, 11) is 0. The molecule has 12 nitrogen and oxygen atoms in total. The van der Waals surface area contributed by atoms with Gasteiger partial charge in [-0.1, -0.05) is 29.9 Å². The molecule has 9 N–H and O–H groups in total. The molecule has 0 fully saturated rings. The van der Waals surface area contributed by atoms with Crippen LogP contribution >= 0.6 is 0 Å². The van der Waals surface area contributed by atoms with Crippen molar-refractivity contribution in [1.29, 1.82) is 0 Å². The van der Waals surface area contributed by atoms with Crippen LogP contribution in [0, 0.1) is 67.9 Å². The monoisotopic (exact) mass is 684 g/mol. The third-order valence-electron chi connectivity index (χ3n) is 8.25. The zero-order chi connectivity index (χ0) is 37.6. The summed E-state index contributed by atoms with van der Waals surface area (Å²) in [6, 6.07) is 14.6. The molecule has 0 bridgehead atoms. The fraction of sp³-hybridized carbons (Fsp3) is 0.179. The lowest BCUT2D eigenvalue weighted by atomic mass is 10.0. The fourth-order valence-electron chi connectivity index (χ4n) is 5.71. The van der Waals surface area contributed by atoms with E-state index in [4.69, 9.17) is 41.0 Å². The first-order chi connectivity index (χ1) is 24.2. The van der Waals surface area contributed by atoms with Crippen LogP contribution in [0.3, 0.4) is 0 Å². The highest BCUT2D eigenvalue weighted by molar-refractivity contribution is 5.95. The number of fused-ring (bicyclic) bond motifs is 3. The Bertz CT molecular complexity index is 2430. The lowest BCUT2D eigenvalue weighted by molar-refractivity contribution is -0.383. The van der Waals surface area contributed by atoms with Crippen molar-refractivity contribution >= 4 is 50.3 Å². The number of carboxylic acid groups (broad SMARTS) is 2. The van der Waals surface area contributed by atoms with E-state index in [1.165, 1.54) is 17.1 Å². The number of H-pyrrole nitrogens is 3. The topological polar surface area (TPSA) is 217 Å². The minimum absolute atomic E-state index is 0.00257. The highest BCUT2D eigenvalue weighted by Crippen LogP contribution is 2.33. The molecule has 0 saturated carbocycles. The fourth-order valence-corrected chi connectivity index (χ4v) is 5.71. The molecule has 0 saturated heterocycles. The van der Waals surface area contributed by atoms with E-state index >= 15 is 0 Å². The lowest BCUT2D eigenvalue weighted by Gasteiger charge is -2.07. The first-order valence-corrected chi connectivity index (χ1v) is 15.5. The molecule has 6 rings (SSSR count). The molecule has 0 spiro atoms. The van der Waals surface area contributed by atoms with E-state index in [0.717, 1.165) is 38.8 Å². The van der Waals surface area contributed by atoms with Gasteiger partial charge >= 0.3 is 11.9 Å². The zero-order valence-corrected chi connectivity index (χ0v) is 28.1. The summed E-state index contributed by atoms with van der Waals surface area (Å²) >= 11 is 0. The molecule has 0 aliphatic rings. The van der Waals surface area contributed by atoms with Gasteiger partial charge < -0.3 is 36.6 Å². The van der Waals surface area contributed by atoms with E-state index in [1.807, 2.05) is 50.2 Å². The van der Waals surface area contributed by atoms with Gasteiger partial charge in [-0.3, -0.25) is 19.7 Å². The van der Waals surface area contributed by atoms with Crippen molar-refractivity contribution < 1.29 is 24.7 Å². The van der Waals surface area contributed by atoms with Crippen molar-refractivity contribution in [1.82, 2.24) is 15.0 Å². The molecule has 6 aromatic rings. The summed E-state index contributed by atoms with van der Waals surface area (Å²) in [6.07, 6.45) is 16.2. The van der Waals surface area contributed by atoms with Crippen LogP contribution < -0.4 is 11.5 Å². The molecule has 2 unspecified atom stereocenters. The molecule has 0 aliphatic heterocycles. The Morgan fingerprint density at radius 1 is 0.745 bits per heavy atom. The first-order valence-electron chi connectivity index (χ1n) is 15.5. The molecule has 12 heteroatoms. The molecule has 51 heavy (non-hydrogen) atoms. The smallest absolute Gasteiger partial charge is 0.320 e. The van der Waals surface area contributed by atoms with Crippen LogP contribution in [0.2, 0.25) is 0 Å². The van der Waals surface area contributed by atoms with Crippen molar-refractivity contribution in [3.05, 3.63) is 110 Å². The third kappa shape index (κ3) is 8.45. The number of nitrogens with one attached hydrogen (secondary N) is 3. The van der Waals surface area contributed by atoms with Crippen molar-refractivity contribution in [3.63, 3.8) is 0 Å². The van der Waals surface area contributed by atoms with E-state index in [9.17, 15) is 19.7 Å². The van der Waals surface area contributed by atoms with Gasteiger partial charge in [0.05, 0.1) is 15.8 Å². The molecule has 0 radical (unpaired) electrons. The highest BCUT2D eigenvalue weighted by atomic mass is 16.6. The number of aryl methyl sites for hydroxylation is 3. The van der Waals surface area contributed by atoms with Gasteiger partial charge in [-0.05, 0) is 73.7 Å². The van der Waals surface area contributed by atoms with Gasteiger partial charge in [-0.2, -0.15) is 0 Å². The summed E-state index contributed by atoms with van der Waals surface area (Å²) < 4.78 is 0. The number of rotatable bonds is 7. The molecular weight excluding hydrogens is 648 g/mol. The predicted octanol–water partition coefficient (Wildman–Crippen LogP) is 5.19. The van der Waals surface area contributed by atoms with Crippen LogP contribution in [0.5, 0.6) is 0 Å². The molecular formula is C39H36N6O6. The minimum atomic E-state index is -1.16. The maximum atomic E-state index is 11.2. The second kappa shape index (κ2) is 15.6. The second-order valence-corrected chi connectivity index (χ2v) is 11.9. The molecule has 3 aromatic carbocycles. The number of carbonyl (C=O) groups is 2. The highest BCUT2D eigenvalue weighted by Gasteiger charge is 2.24. The number of hydrogen-bond acceptors (Lipinski definition) is 6. The molecule has 3 heterocycles. The number of non-ortho nitro benzene ring substituents is 1. The Hall–Kier alpha value is -6.78. The number of nitrogens with two attached hydrogens (primary N) is 2. The maximum absolute atomic E-state index is 11.2. The van der Waals surface area contributed by atoms with Crippen molar-refractivity contribution in [3.8, 4) is 37.0 Å². The number of nitro groups is 1. The number of benzene rings is 3. The van der Waals surface area contributed by atoms with Gasteiger partial charge in [0, 0.05) is 69.1 Å². The normalized spacial score (nSPS) is 11.6. The average Bonchev–Trinajstić information content (AvgIpc) is 3.73. The molecule has 0 aliphatic carbocycles. The molecule has 0 amide bonds. The van der Waals surface area contributed by atoms with Crippen LogP contribution in [0.4, 0.5) is 5.69 Å². The number of nitro benzene ring substituents is 1. The summed E-state index contributed by atoms with van der Waals surface area (Å²) in [4.78, 5) is 41.8. The standard InChI is InChI=1S/C14H13N3O4.C14H14N2O2.C11H9N/c1-3-8-4-11-13(12(5-8)17(20)21)9(7(2)16-11)6-10(15)14(18)19;1-3-9-4-5-10-11(7-12(15)14(17)18)8(2)16-13(10)6-9;1-3-9-4-5-10-6-8(2)12-11(10)7-9/h1,4-5,10,16H,6,15H2,2H3,(H,18,19);1,4-6,12,16H,7,15H2,2H3,(H,17,18);1,4-7,12H,2H3. The quantitative estimate of drug-likeness (QED) is 0.0673. The number of aliphatic carboxylic acids is 2. The number of terminal acetylenes is 3. The Kier molecular flexibility index (Phi) is 11.3. The van der Waals surface area contributed by atoms with Crippen LogP contribution in [-0.4, -0.2) is 54.1 Å². The molecule has 2 atom stereocenters. The Morgan fingerprint density at radius 2 is 1.25 bits per heavy atom. The van der Waals surface area contributed by atoms with E-state index in [0.29, 0.717) is 34.1 Å². The Labute approximate surface area is 293 Å². The molecule has 258 valence electrons. The third-order valence-corrected chi connectivity index (χ3v) is 8.25. The molecule has 3 aromatic heterocycles. The van der Waals surface area contributed by atoms with Crippen molar-refractivity contribution in [2.24, 2.45) is 11.5 Å². The zero-order valence-electron chi connectivity index (χ0n) is 28.1. The number of aromatic nitrogens is 3. The summed E-state index contributed by atoms with van der Waals surface area (Å²) in [5, 5.41) is 31.6. The number of hydrogen-bond donors (Lipinski definition) is 7. The maximum Gasteiger partial charge on any atom is 0.320 e. The average molecular weight is 685 g/mol. The Balaban J connectivity index is 0.000000177. The van der Waals surface area contributed by atoms with Crippen LogP contribution in [0.25, 0.3) is 32.7 Å². The van der Waals surface area contributed by atoms with Gasteiger partial charge in [-0.25, -0.2) is 0 Å². The van der Waals surface area contributed by atoms with E-state index in [1.54, 1.807) is 13.0 Å². The number of carboxylic acids is 2. The minimum Gasteiger partial charge on any atom is -0.480 e. The van der Waals surface area contributed by atoms with Crippen LogP contribution in [0.1, 0.15) is 44.9 Å². The van der Waals surface area contributed by atoms with Crippen LogP contribution in [-0.2, 0) is 22.4 Å². The van der Waals surface area contributed by atoms with Gasteiger partial charge in [-0.15, -0.1) is 19.3 Å². The van der Waals surface area contributed by atoms with E-state index in [-0.39, 0.29) is 12.1 Å². The second-order valence-electron chi connectivity index (χ2n) is 11.9. The Morgan fingerprint density at radius 3 is 1.82 bits per heavy atom. The van der Waals surface area contributed by atoms with E-state index in [2.05, 4.69) is 38.8 Å². The predicted molar refractivity (Wildman–Crippen MR) is 198 cm³/mol. The van der Waals surface area contributed by atoms with Crippen LogP contribution in [0.15, 0.2) is 54.6 Å². The largest absolute Gasteiger partial charge is 0.480 e. The van der Waals surface area contributed by atoms with Crippen molar-refractivity contribution in [2.45, 2.75) is 45.7 Å². The lowest BCUT2D eigenvalue weighted by Crippen LogP contribution is -2.32. The van der Waals surface area contributed by atoms with Gasteiger partial charge in [0.1, 0.15) is 12.1 Å². The van der Waals surface area contributed by atoms with Crippen molar-refractivity contribution in [2.75, 3.05) is 0 Å². The number of nitrogens with zero attached hydrogens (tertiary/aromatic N) is 1. The van der Waals surface area contributed by atoms with Gasteiger partial charge in [0.2, 0.25) is 0 Å². The summed E-state index contributed by atoms with van der Waals surface area (Å²) in [5.74, 6) is 5.38. The first kappa shape index (κ1) is 37.0. The summed E-state index contributed by atoms with van der Waals surface area (Å²) in [6.45, 7) is 5.65. The number of aromatic amines is 3. The van der Waals surface area contributed by atoms with E-state index < -0.39 is 28.9 Å².